The maximum Gasteiger partial charge on any atom is 0.278 e. The van der Waals surface area contributed by atoms with Gasteiger partial charge in [-0.25, -0.2) is 0 Å². The van der Waals surface area contributed by atoms with Gasteiger partial charge in [0.2, 0.25) is 0 Å². The number of hydrogen-bond acceptors (Lipinski definition) is 8. The van der Waals surface area contributed by atoms with Crippen molar-refractivity contribution in [1.82, 2.24) is 25.4 Å². The number of anilines is 2. The van der Waals surface area contributed by atoms with Gasteiger partial charge in [0.25, 0.3) is 11.8 Å². The zero-order chi connectivity index (χ0) is 31.3. The minimum atomic E-state index is -0.295. The Bertz CT molecular complexity index is 1680. The third-order valence-corrected chi connectivity index (χ3v) is 8.57. The lowest BCUT2D eigenvalue weighted by atomic mass is 9.93. The largest absolute Gasteiger partial charge is 0.395 e. The van der Waals surface area contributed by atoms with Gasteiger partial charge in [-0.3, -0.25) is 19.3 Å². The zero-order valence-corrected chi connectivity index (χ0v) is 25.4. The molecule has 45 heavy (non-hydrogen) atoms. The standard InChI is InChI=1S/C34H39N7O4/c1-22-24(5-2-7-27(22)38-33(44)29-11-10-23(21-37-29)20-35-13-17-42)25-6-3-9-31-26(25)12-16-40(31)34(45)30-19-32-28(36-14-18-43)8-4-15-41(32)39-30/h2-3,5-7,9-11,19,21,28,35-36,42-43H,4,8,12-18,20H2,1H3,(H,38,44). The van der Waals surface area contributed by atoms with E-state index in [1.807, 2.05) is 59.0 Å². The molecule has 1 unspecified atom stereocenters. The topological polar surface area (TPSA) is 145 Å². The molecule has 2 aliphatic rings. The molecule has 234 valence electrons. The predicted molar refractivity (Wildman–Crippen MR) is 172 cm³/mol. The third kappa shape index (κ3) is 6.38. The Morgan fingerprint density at radius 1 is 0.978 bits per heavy atom. The van der Waals surface area contributed by atoms with Gasteiger partial charge in [0, 0.05) is 56.3 Å². The number of amides is 2. The maximum atomic E-state index is 13.8. The summed E-state index contributed by atoms with van der Waals surface area (Å²) in [6, 6.07) is 17.4. The molecule has 5 N–H and O–H groups in total. The second kappa shape index (κ2) is 13.7. The van der Waals surface area contributed by atoms with Crippen molar-refractivity contribution in [1.29, 1.82) is 0 Å². The highest BCUT2D eigenvalue weighted by Gasteiger charge is 2.31. The van der Waals surface area contributed by atoms with Crippen LogP contribution in [0.15, 0.2) is 60.8 Å². The van der Waals surface area contributed by atoms with Crippen molar-refractivity contribution < 1.29 is 19.8 Å². The van der Waals surface area contributed by atoms with Crippen LogP contribution in [0.2, 0.25) is 0 Å². The van der Waals surface area contributed by atoms with Crippen LogP contribution >= 0.6 is 0 Å². The van der Waals surface area contributed by atoms with E-state index in [2.05, 4.69) is 32.1 Å². The third-order valence-electron chi connectivity index (χ3n) is 8.57. The van der Waals surface area contributed by atoms with Crippen molar-refractivity contribution in [3.05, 3.63) is 94.6 Å². The van der Waals surface area contributed by atoms with Gasteiger partial charge in [0.1, 0.15) is 5.69 Å². The number of pyridine rings is 1. The van der Waals surface area contributed by atoms with Crippen molar-refractivity contribution in [3.8, 4) is 11.1 Å². The summed E-state index contributed by atoms with van der Waals surface area (Å²) < 4.78 is 1.92. The average molecular weight is 610 g/mol. The molecule has 1 atom stereocenters. The van der Waals surface area contributed by atoms with Crippen molar-refractivity contribution in [3.63, 3.8) is 0 Å². The first kappa shape index (κ1) is 30.6. The number of carbonyl (C=O) groups excluding carboxylic acids is 2. The summed E-state index contributed by atoms with van der Waals surface area (Å²) in [5.41, 5.74) is 8.29. The van der Waals surface area contributed by atoms with Gasteiger partial charge in [-0.05, 0) is 78.3 Å². The molecule has 0 fully saturated rings. The van der Waals surface area contributed by atoms with E-state index < -0.39 is 0 Å². The van der Waals surface area contributed by atoms with E-state index in [0.29, 0.717) is 49.7 Å². The van der Waals surface area contributed by atoms with Crippen molar-refractivity contribution in [2.24, 2.45) is 0 Å². The number of nitrogens with one attached hydrogen (secondary N) is 3. The fourth-order valence-electron chi connectivity index (χ4n) is 6.29. The van der Waals surface area contributed by atoms with Gasteiger partial charge in [-0.2, -0.15) is 5.10 Å². The summed E-state index contributed by atoms with van der Waals surface area (Å²) in [6.07, 6.45) is 4.28. The molecule has 0 radical (unpaired) electrons. The van der Waals surface area contributed by atoms with Gasteiger partial charge in [0.05, 0.1) is 18.9 Å². The fourth-order valence-corrected chi connectivity index (χ4v) is 6.29. The van der Waals surface area contributed by atoms with Crippen LogP contribution in [0.3, 0.4) is 0 Å². The molecule has 4 aromatic rings. The molecule has 2 aliphatic heterocycles. The fraction of sp³-hybridized carbons (Fsp3) is 0.353. The Hall–Kier alpha value is -4.42. The van der Waals surface area contributed by atoms with Gasteiger partial charge >= 0.3 is 0 Å². The molecule has 0 bridgehead atoms. The van der Waals surface area contributed by atoms with Crippen LogP contribution in [0.25, 0.3) is 11.1 Å². The highest BCUT2D eigenvalue weighted by molar-refractivity contribution is 6.07. The lowest BCUT2D eigenvalue weighted by Crippen LogP contribution is -2.30. The number of aliphatic hydroxyl groups is 2. The van der Waals surface area contributed by atoms with E-state index in [9.17, 15) is 14.7 Å². The second-order valence-corrected chi connectivity index (χ2v) is 11.4. The number of carbonyl (C=O) groups is 2. The number of aryl methyl sites for hydroxylation is 1. The zero-order valence-electron chi connectivity index (χ0n) is 25.4. The molecular formula is C34H39N7O4. The maximum absolute atomic E-state index is 13.8. The molecule has 11 heteroatoms. The minimum absolute atomic E-state index is 0.0627. The molecule has 11 nitrogen and oxygen atoms in total. The van der Waals surface area contributed by atoms with E-state index in [4.69, 9.17) is 5.11 Å². The molecule has 2 amide bonds. The highest BCUT2D eigenvalue weighted by atomic mass is 16.3. The number of aromatic nitrogens is 3. The smallest absolute Gasteiger partial charge is 0.278 e. The first-order chi connectivity index (χ1) is 22.0. The molecule has 2 aromatic heterocycles. The van der Waals surface area contributed by atoms with Gasteiger partial charge in [-0.15, -0.1) is 0 Å². The summed E-state index contributed by atoms with van der Waals surface area (Å²) in [4.78, 5) is 33.0. The SMILES string of the molecule is Cc1c(NC(=O)c2ccc(CNCCO)cn2)cccc1-c1cccc2c1CCN2C(=O)c1cc2n(n1)CCCC2NCCO. The average Bonchev–Trinajstić information content (AvgIpc) is 3.70. The van der Waals surface area contributed by atoms with E-state index in [0.717, 1.165) is 58.6 Å². The van der Waals surface area contributed by atoms with E-state index in [1.165, 1.54) is 0 Å². The number of aliphatic hydroxyl groups excluding tert-OH is 2. The number of rotatable bonds is 11. The van der Waals surface area contributed by atoms with Gasteiger partial charge in [0.15, 0.2) is 5.69 Å². The van der Waals surface area contributed by atoms with Crippen LogP contribution in [-0.2, 0) is 19.5 Å². The molecule has 2 aromatic carbocycles. The van der Waals surface area contributed by atoms with Crippen LogP contribution in [0.1, 0.15) is 62.2 Å². The summed E-state index contributed by atoms with van der Waals surface area (Å²) in [5, 5.41) is 32.3. The van der Waals surface area contributed by atoms with Crippen molar-refractivity contribution >= 4 is 23.2 Å². The molecule has 4 heterocycles. The quantitative estimate of drug-likeness (QED) is 0.163. The first-order valence-electron chi connectivity index (χ1n) is 15.5. The van der Waals surface area contributed by atoms with Gasteiger partial charge in [-0.1, -0.05) is 30.3 Å². The Labute approximate surface area is 262 Å². The molecule has 0 saturated carbocycles. The van der Waals surface area contributed by atoms with Crippen LogP contribution in [0, 0.1) is 6.92 Å². The Balaban J connectivity index is 1.20. The Morgan fingerprint density at radius 3 is 2.60 bits per heavy atom. The normalized spacial score (nSPS) is 15.5. The molecule has 0 saturated heterocycles. The monoisotopic (exact) mass is 609 g/mol. The van der Waals surface area contributed by atoms with E-state index in [-0.39, 0.29) is 31.1 Å². The lowest BCUT2D eigenvalue weighted by Gasteiger charge is -2.24. The van der Waals surface area contributed by atoms with Crippen molar-refractivity contribution in [2.45, 2.75) is 45.3 Å². The number of benzene rings is 2. The molecular weight excluding hydrogens is 570 g/mol. The Morgan fingerprint density at radius 2 is 1.80 bits per heavy atom. The van der Waals surface area contributed by atoms with Crippen LogP contribution < -0.4 is 20.9 Å². The predicted octanol–water partition coefficient (Wildman–Crippen LogP) is 3.21. The number of hydrogen-bond donors (Lipinski definition) is 5. The lowest BCUT2D eigenvalue weighted by molar-refractivity contribution is 0.0982. The van der Waals surface area contributed by atoms with Crippen molar-refractivity contribution in [2.75, 3.05) is 43.1 Å². The van der Waals surface area contributed by atoms with Gasteiger partial charge < -0.3 is 31.1 Å². The van der Waals surface area contributed by atoms with E-state index >= 15 is 0 Å². The summed E-state index contributed by atoms with van der Waals surface area (Å²) in [7, 11) is 0. The van der Waals surface area contributed by atoms with Crippen LogP contribution in [0.5, 0.6) is 0 Å². The summed E-state index contributed by atoms with van der Waals surface area (Å²) in [5.74, 6) is -0.411. The highest BCUT2D eigenvalue weighted by Crippen LogP contribution is 2.39. The number of nitrogens with zero attached hydrogens (tertiary/aromatic N) is 4. The summed E-state index contributed by atoms with van der Waals surface area (Å²) >= 11 is 0. The second-order valence-electron chi connectivity index (χ2n) is 11.4. The molecule has 6 rings (SSSR count). The first-order valence-corrected chi connectivity index (χ1v) is 15.5. The molecule has 0 aliphatic carbocycles. The summed E-state index contributed by atoms with van der Waals surface area (Å²) in [6.45, 7) is 5.01. The Kier molecular flexibility index (Phi) is 9.31. The van der Waals surface area contributed by atoms with Crippen LogP contribution in [-0.4, -0.2) is 69.6 Å². The van der Waals surface area contributed by atoms with E-state index in [1.54, 1.807) is 12.3 Å². The number of fused-ring (bicyclic) bond motifs is 2. The van der Waals surface area contributed by atoms with Crippen LogP contribution in [0.4, 0.5) is 11.4 Å². The minimum Gasteiger partial charge on any atom is -0.395 e. The molecule has 0 spiro atoms.